The van der Waals surface area contributed by atoms with Gasteiger partial charge in [0.15, 0.2) is 0 Å². The van der Waals surface area contributed by atoms with E-state index >= 15 is 0 Å². The molecular formula is C15H23NOS. The molecule has 0 amide bonds. The number of rotatable bonds is 6. The summed E-state index contributed by atoms with van der Waals surface area (Å²) in [6.07, 6.45) is 4.98. The van der Waals surface area contributed by atoms with Gasteiger partial charge in [-0.25, -0.2) is 0 Å². The molecule has 2 unspecified atom stereocenters. The van der Waals surface area contributed by atoms with Crippen LogP contribution >= 0.6 is 11.8 Å². The van der Waals surface area contributed by atoms with Crippen molar-refractivity contribution in [2.24, 2.45) is 5.73 Å². The van der Waals surface area contributed by atoms with Gasteiger partial charge in [-0.3, -0.25) is 0 Å². The van der Waals surface area contributed by atoms with Crippen molar-refractivity contribution in [3.05, 3.63) is 29.8 Å². The zero-order valence-electron chi connectivity index (χ0n) is 11.1. The predicted molar refractivity (Wildman–Crippen MR) is 78.0 cm³/mol. The highest BCUT2D eigenvalue weighted by Crippen LogP contribution is 2.24. The first-order chi connectivity index (χ1) is 8.79. The van der Waals surface area contributed by atoms with Crippen LogP contribution in [0.25, 0.3) is 0 Å². The van der Waals surface area contributed by atoms with Gasteiger partial charge >= 0.3 is 0 Å². The average molecular weight is 265 g/mol. The standard InChI is InChI=1S/C15H23NOS/c1-2-18-14-8-5-12(6-9-14)15(16)10-7-13-4-3-11-17-13/h5-6,8-9,13,15H,2-4,7,10-11,16H2,1H3. The van der Waals surface area contributed by atoms with E-state index in [1.54, 1.807) is 0 Å². The fourth-order valence-electron chi connectivity index (χ4n) is 2.38. The number of benzene rings is 1. The summed E-state index contributed by atoms with van der Waals surface area (Å²) in [6, 6.07) is 8.83. The highest BCUT2D eigenvalue weighted by atomic mass is 32.2. The van der Waals surface area contributed by atoms with Crippen LogP contribution in [-0.2, 0) is 4.74 Å². The van der Waals surface area contributed by atoms with Crippen molar-refractivity contribution >= 4 is 11.8 Å². The summed E-state index contributed by atoms with van der Waals surface area (Å²) in [5.74, 6) is 1.12. The Labute approximate surface area is 114 Å². The molecule has 2 rings (SSSR count). The Morgan fingerprint density at radius 1 is 1.39 bits per heavy atom. The fraction of sp³-hybridized carbons (Fsp3) is 0.600. The first kappa shape index (κ1) is 13.9. The lowest BCUT2D eigenvalue weighted by Crippen LogP contribution is -2.14. The molecule has 1 fully saturated rings. The van der Waals surface area contributed by atoms with Gasteiger partial charge in [-0.2, -0.15) is 0 Å². The van der Waals surface area contributed by atoms with Gasteiger partial charge in [0.05, 0.1) is 6.10 Å². The number of nitrogens with two attached hydrogens (primary N) is 1. The molecule has 2 atom stereocenters. The molecule has 100 valence electrons. The summed E-state index contributed by atoms with van der Waals surface area (Å²) in [7, 11) is 0. The van der Waals surface area contributed by atoms with Crippen LogP contribution in [0.1, 0.15) is 44.2 Å². The normalized spacial score (nSPS) is 21.1. The van der Waals surface area contributed by atoms with Crippen molar-refractivity contribution in [1.29, 1.82) is 0 Å². The van der Waals surface area contributed by atoms with E-state index in [0.717, 1.165) is 25.2 Å². The molecular weight excluding hydrogens is 242 g/mol. The van der Waals surface area contributed by atoms with Crippen LogP contribution in [0.3, 0.4) is 0 Å². The molecule has 0 bridgehead atoms. The molecule has 0 aliphatic carbocycles. The maximum absolute atomic E-state index is 6.23. The van der Waals surface area contributed by atoms with E-state index < -0.39 is 0 Å². The molecule has 18 heavy (non-hydrogen) atoms. The third-order valence-corrected chi connectivity index (χ3v) is 4.34. The number of hydrogen-bond donors (Lipinski definition) is 1. The molecule has 1 aliphatic rings. The molecule has 0 spiro atoms. The Bertz CT molecular complexity index is 346. The summed E-state index contributed by atoms with van der Waals surface area (Å²) in [5.41, 5.74) is 7.48. The second-order valence-electron chi connectivity index (χ2n) is 4.82. The zero-order valence-corrected chi connectivity index (χ0v) is 11.9. The van der Waals surface area contributed by atoms with Crippen molar-refractivity contribution in [3.8, 4) is 0 Å². The van der Waals surface area contributed by atoms with Crippen molar-refractivity contribution in [1.82, 2.24) is 0 Å². The van der Waals surface area contributed by atoms with Gasteiger partial charge in [0.2, 0.25) is 0 Å². The quantitative estimate of drug-likeness (QED) is 0.795. The van der Waals surface area contributed by atoms with E-state index in [-0.39, 0.29) is 6.04 Å². The second-order valence-corrected chi connectivity index (χ2v) is 6.16. The molecule has 1 saturated heterocycles. The topological polar surface area (TPSA) is 35.2 Å². The van der Waals surface area contributed by atoms with Crippen LogP contribution in [0, 0.1) is 0 Å². The number of thioether (sulfide) groups is 1. The monoisotopic (exact) mass is 265 g/mol. The van der Waals surface area contributed by atoms with Gasteiger partial charge in [0.1, 0.15) is 0 Å². The molecule has 1 aliphatic heterocycles. The SMILES string of the molecule is CCSc1ccc(C(N)CCC2CCCO2)cc1. The average Bonchev–Trinajstić information content (AvgIpc) is 2.90. The van der Waals surface area contributed by atoms with E-state index in [1.165, 1.54) is 23.3 Å². The van der Waals surface area contributed by atoms with Crippen LogP contribution < -0.4 is 5.73 Å². The van der Waals surface area contributed by atoms with Crippen LogP contribution in [0.5, 0.6) is 0 Å². The summed E-state index contributed by atoms with van der Waals surface area (Å²) in [6.45, 7) is 3.11. The molecule has 1 heterocycles. The Morgan fingerprint density at radius 3 is 2.78 bits per heavy atom. The Balaban J connectivity index is 1.81. The third-order valence-electron chi connectivity index (χ3n) is 3.44. The minimum Gasteiger partial charge on any atom is -0.378 e. The van der Waals surface area contributed by atoms with E-state index in [0.29, 0.717) is 6.10 Å². The highest BCUT2D eigenvalue weighted by molar-refractivity contribution is 7.99. The van der Waals surface area contributed by atoms with Gasteiger partial charge in [0.25, 0.3) is 0 Å². The minimum atomic E-state index is 0.148. The Hall–Kier alpha value is -0.510. The maximum atomic E-state index is 6.23. The number of hydrogen-bond acceptors (Lipinski definition) is 3. The van der Waals surface area contributed by atoms with E-state index in [9.17, 15) is 0 Å². The van der Waals surface area contributed by atoms with Gasteiger partial charge in [-0.1, -0.05) is 19.1 Å². The Morgan fingerprint density at radius 2 is 2.17 bits per heavy atom. The van der Waals surface area contributed by atoms with Crippen LogP contribution in [0.4, 0.5) is 0 Å². The molecule has 1 aromatic carbocycles. The molecule has 0 aromatic heterocycles. The molecule has 2 nitrogen and oxygen atoms in total. The first-order valence-corrected chi connectivity index (χ1v) is 7.88. The maximum Gasteiger partial charge on any atom is 0.0576 e. The van der Waals surface area contributed by atoms with Crippen LogP contribution in [0.15, 0.2) is 29.2 Å². The summed E-state index contributed by atoms with van der Waals surface area (Å²) in [4.78, 5) is 1.33. The largest absolute Gasteiger partial charge is 0.378 e. The minimum absolute atomic E-state index is 0.148. The van der Waals surface area contributed by atoms with E-state index in [4.69, 9.17) is 10.5 Å². The van der Waals surface area contributed by atoms with Crippen LogP contribution in [0.2, 0.25) is 0 Å². The lowest BCUT2D eigenvalue weighted by atomic mass is 10.0. The lowest BCUT2D eigenvalue weighted by Gasteiger charge is -2.15. The highest BCUT2D eigenvalue weighted by Gasteiger charge is 2.17. The summed E-state index contributed by atoms with van der Waals surface area (Å²) >= 11 is 1.87. The van der Waals surface area contributed by atoms with E-state index in [2.05, 4.69) is 31.2 Å². The Kier molecular flexibility index (Phi) is 5.54. The van der Waals surface area contributed by atoms with Gasteiger partial charge < -0.3 is 10.5 Å². The second kappa shape index (κ2) is 7.17. The predicted octanol–water partition coefficient (Wildman–Crippen LogP) is 3.76. The molecule has 3 heteroatoms. The summed E-state index contributed by atoms with van der Waals surface area (Å²) < 4.78 is 5.63. The van der Waals surface area contributed by atoms with Crippen molar-refractivity contribution < 1.29 is 4.74 Å². The first-order valence-electron chi connectivity index (χ1n) is 6.89. The van der Waals surface area contributed by atoms with Crippen molar-refractivity contribution in [2.45, 2.75) is 49.6 Å². The molecule has 1 aromatic rings. The summed E-state index contributed by atoms with van der Waals surface area (Å²) in [5, 5.41) is 0. The van der Waals surface area contributed by atoms with Gasteiger partial charge in [-0.05, 0) is 49.1 Å². The van der Waals surface area contributed by atoms with Gasteiger partial charge in [-0.15, -0.1) is 11.8 Å². The van der Waals surface area contributed by atoms with E-state index in [1.807, 2.05) is 11.8 Å². The van der Waals surface area contributed by atoms with Crippen LogP contribution in [-0.4, -0.2) is 18.5 Å². The third kappa shape index (κ3) is 4.01. The zero-order chi connectivity index (χ0) is 12.8. The smallest absolute Gasteiger partial charge is 0.0576 e. The number of ether oxygens (including phenoxy) is 1. The molecule has 0 saturated carbocycles. The van der Waals surface area contributed by atoms with Crippen molar-refractivity contribution in [2.75, 3.05) is 12.4 Å². The molecule has 2 N–H and O–H groups in total. The fourth-order valence-corrected chi connectivity index (χ4v) is 3.04. The molecule has 0 radical (unpaired) electrons. The van der Waals surface area contributed by atoms with Crippen molar-refractivity contribution in [3.63, 3.8) is 0 Å². The van der Waals surface area contributed by atoms with Gasteiger partial charge in [0, 0.05) is 17.5 Å². The lowest BCUT2D eigenvalue weighted by molar-refractivity contribution is 0.101.